The van der Waals surface area contributed by atoms with E-state index in [1.807, 2.05) is 42.8 Å². The lowest BCUT2D eigenvalue weighted by atomic mass is 10.2. The lowest BCUT2D eigenvalue weighted by Gasteiger charge is -2.14. The van der Waals surface area contributed by atoms with Crippen LogP contribution in [0.25, 0.3) is 0 Å². The number of aromatic nitrogens is 3. The first kappa shape index (κ1) is 16.7. The Morgan fingerprint density at radius 2 is 2.12 bits per heavy atom. The van der Waals surface area contributed by atoms with Gasteiger partial charge >= 0.3 is 0 Å². The Hall–Kier alpha value is -2.76. The molecule has 6 heteroatoms. The second-order valence-electron chi connectivity index (χ2n) is 7.00. The molecule has 1 saturated carbocycles. The number of amides is 1. The SMILES string of the molecule is Cc1cc(C(=O)Nc2ccnn2C2CCCC2)c(C)n1Cc1ccco1. The van der Waals surface area contributed by atoms with Crippen molar-refractivity contribution >= 4 is 11.7 Å². The number of carbonyl (C=O) groups is 1. The van der Waals surface area contributed by atoms with Gasteiger partial charge in [-0.05, 0) is 44.9 Å². The molecule has 1 aliphatic carbocycles. The third-order valence-corrected chi connectivity index (χ3v) is 5.29. The lowest BCUT2D eigenvalue weighted by molar-refractivity contribution is 0.102. The zero-order chi connectivity index (χ0) is 18.1. The highest BCUT2D eigenvalue weighted by Crippen LogP contribution is 2.31. The Morgan fingerprint density at radius 3 is 2.85 bits per heavy atom. The summed E-state index contributed by atoms with van der Waals surface area (Å²) in [6, 6.07) is 8.02. The molecule has 0 unspecified atom stereocenters. The van der Waals surface area contributed by atoms with Crippen molar-refractivity contribution < 1.29 is 9.21 Å². The van der Waals surface area contributed by atoms with E-state index < -0.39 is 0 Å². The van der Waals surface area contributed by atoms with Crippen LogP contribution in [0, 0.1) is 13.8 Å². The van der Waals surface area contributed by atoms with Gasteiger partial charge in [-0.15, -0.1) is 0 Å². The molecule has 0 saturated heterocycles. The highest BCUT2D eigenvalue weighted by molar-refractivity contribution is 6.04. The standard InChI is InChI=1S/C20H24N4O2/c1-14-12-18(15(2)23(14)13-17-8-5-11-26-17)20(25)22-19-9-10-21-24(19)16-6-3-4-7-16/h5,8-12,16H,3-4,6-7,13H2,1-2H3,(H,22,25). The third kappa shape index (κ3) is 3.07. The van der Waals surface area contributed by atoms with Gasteiger partial charge in [0, 0.05) is 17.5 Å². The zero-order valence-electron chi connectivity index (χ0n) is 15.2. The van der Waals surface area contributed by atoms with E-state index in [0.29, 0.717) is 18.2 Å². The van der Waals surface area contributed by atoms with Crippen LogP contribution in [0.5, 0.6) is 0 Å². The zero-order valence-corrected chi connectivity index (χ0v) is 15.2. The predicted molar refractivity (Wildman–Crippen MR) is 99.4 cm³/mol. The molecular weight excluding hydrogens is 328 g/mol. The summed E-state index contributed by atoms with van der Waals surface area (Å²) in [6.45, 7) is 4.60. The molecule has 1 N–H and O–H groups in total. The van der Waals surface area contributed by atoms with E-state index in [4.69, 9.17) is 4.42 Å². The van der Waals surface area contributed by atoms with E-state index in [2.05, 4.69) is 15.0 Å². The van der Waals surface area contributed by atoms with Crippen molar-refractivity contribution in [3.05, 3.63) is 59.4 Å². The number of nitrogens with one attached hydrogen (secondary N) is 1. The Labute approximate surface area is 152 Å². The Kier molecular flexibility index (Phi) is 4.41. The molecule has 4 rings (SSSR count). The number of hydrogen-bond donors (Lipinski definition) is 1. The van der Waals surface area contributed by atoms with Gasteiger partial charge in [-0.3, -0.25) is 4.79 Å². The highest BCUT2D eigenvalue weighted by atomic mass is 16.3. The van der Waals surface area contributed by atoms with Crippen molar-refractivity contribution in [2.24, 2.45) is 0 Å². The molecule has 1 aliphatic rings. The number of rotatable bonds is 5. The van der Waals surface area contributed by atoms with Crippen LogP contribution >= 0.6 is 0 Å². The van der Waals surface area contributed by atoms with Gasteiger partial charge in [0.2, 0.25) is 0 Å². The smallest absolute Gasteiger partial charge is 0.258 e. The van der Waals surface area contributed by atoms with Crippen molar-refractivity contribution in [2.75, 3.05) is 5.32 Å². The Balaban J connectivity index is 1.55. The quantitative estimate of drug-likeness (QED) is 0.744. The predicted octanol–water partition coefficient (Wildman–Crippen LogP) is 4.31. The lowest BCUT2D eigenvalue weighted by Crippen LogP contribution is -2.18. The molecular formula is C20H24N4O2. The third-order valence-electron chi connectivity index (χ3n) is 5.29. The van der Waals surface area contributed by atoms with E-state index in [0.717, 1.165) is 35.8 Å². The second kappa shape index (κ2) is 6.86. The minimum Gasteiger partial charge on any atom is -0.467 e. The normalized spacial score (nSPS) is 14.8. The van der Waals surface area contributed by atoms with Crippen molar-refractivity contribution in [1.29, 1.82) is 0 Å². The van der Waals surface area contributed by atoms with Gasteiger partial charge < -0.3 is 14.3 Å². The number of anilines is 1. The van der Waals surface area contributed by atoms with Crippen LogP contribution in [0.1, 0.15) is 59.2 Å². The molecule has 0 atom stereocenters. The van der Waals surface area contributed by atoms with E-state index in [1.165, 1.54) is 12.8 Å². The summed E-state index contributed by atoms with van der Waals surface area (Å²) >= 11 is 0. The summed E-state index contributed by atoms with van der Waals surface area (Å²) in [5, 5.41) is 7.47. The van der Waals surface area contributed by atoms with Crippen LogP contribution in [0.2, 0.25) is 0 Å². The van der Waals surface area contributed by atoms with Crippen LogP contribution < -0.4 is 5.32 Å². The summed E-state index contributed by atoms with van der Waals surface area (Å²) in [5.74, 6) is 1.55. The fourth-order valence-electron chi connectivity index (χ4n) is 3.87. The van der Waals surface area contributed by atoms with Gasteiger partial charge in [0.05, 0.1) is 30.6 Å². The maximum atomic E-state index is 12.9. The first-order chi connectivity index (χ1) is 12.6. The van der Waals surface area contributed by atoms with Crippen LogP contribution in [0.3, 0.4) is 0 Å². The van der Waals surface area contributed by atoms with Gasteiger partial charge in [-0.25, -0.2) is 4.68 Å². The molecule has 3 aromatic heterocycles. The fourth-order valence-corrected chi connectivity index (χ4v) is 3.87. The maximum absolute atomic E-state index is 12.9. The molecule has 3 heterocycles. The van der Waals surface area contributed by atoms with Crippen molar-refractivity contribution in [1.82, 2.24) is 14.3 Å². The van der Waals surface area contributed by atoms with Crippen LogP contribution in [0.4, 0.5) is 5.82 Å². The van der Waals surface area contributed by atoms with Crippen LogP contribution in [0.15, 0.2) is 41.1 Å². The van der Waals surface area contributed by atoms with Crippen LogP contribution in [-0.4, -0.2) is 20.3 Å². The summed E-state index contributed by atoms with van der Waals surface area (Å²) in [6.07, 6.45) is 8.14. The summed E-state index contributed by atoms with van der Waals surface area (Å²) in [4.78, 5) is 12.9. The molecule has 0 aliphatic heterocycles. The Morgan fingerprint density at radius 1 is 1.31 bits per heavy atom. The molecule has 3 aromatic rings. The number of nitrogens with zero attached hydrogens (tertiary/aromatic N) is 3. The first-order valence-electron chi connectivity index (χ1n) is 9.17. The Bertz CT molecular complexity index is 899. The minimum absolute atomic E-state index is 0.0939. The average Bonchev–Trinajstić information content (AvgIpc) is 3.40. The average molecular weight is 352 g/mol. The molecule has 26 heavy (non-hydrogen) atoms. The highest BCUT2D eigenvalue weighted by Gasteiger charge is 2.22. The number of furan rings is 1. The summed E-state index contributed by atoms with van der Waals surface area (Å²) in [5.41, 5.74) is 2.66. The number of carbonyl (C=O) groups excluding carboxylic acids is 1. The molecule has 1 fully saturated rings. The first-order valence-corrected chi connectivity index (χ1v) is 9.17. The second-order valence-corrected chi connectivity index (χ2v) is 7.00. The van der Waals surface area contributed by atoms with Crippen LogP contribution in [-0.2, 0) is 6.54 Å². The monoisotopic (exact) mass is 352 g/mol. The molecule has 0 radical (unpaired) electrons. The van der Waals surface area contributed by atoms with E-state index in [-0.39, 0.29) is 5.91 Å². The maximum Gasteiger partial charge on any atom is 0.258 e. The van der Waals surface area contributed by atoms with E-state index in [1.54, 1.807) is 12.5 Å². The van der Waals surface area contributed by atoms with Gasteiger partial charge in [-0.1, -0.05) is 12.8 Å². The molecule has 6 nitrogen and oxygen atoms in total. The van der Waals surface area contributed by atoms with Crippen molar-refractivity contribution in [3.8, 4) is 0 Å². The van der Waals surface area contributed by atoms with Crippen molar-refractivity contribution in [2.45, 2.75) is 52.1 Å². The largest absolute Gasteiger partial charge is 0.467 e. The molecule has 0 bridgehead atoms. The van der Waals surface area contributed by atoms with Crippen molar-refractivity contribution in [3.63, 3.8) is 0 Å². The molecule has 1 amide bonds. The molecule has 0 aromatic carbocycles. The fraction of sp³-hybridized carbons (Fsp3) is 0.400. The van der Waals surface area contributed by atoms with E-state index >= 15 is 0 Å². The molecule has 0 spiro atoms. The summed E-state index contributed by atoms with van der Waals surface area (Å²) in [7, 11) is 0. The van der Waals surface area contributed by atoms with E-state index in [9.17, 15) is 4.79 Å². The summed E-state index contributed by atoms with van der Waals surface area (Å²) < 4.78 is 9.51. The van der Waals surface area contributed by atoms with Gasteiger partial charge in [0.1, 0.15) is 11.6 Å². The minimum atomic E-state index is -0.0939. The number of hydrogen-bond acceptors (Lipinski definition) is 3. The van der Waals surface area contributed by atoms with Gasteiger partial charge in [0.25, 0.3) is 5.91 Å². The number of aryl methyl sites for hydroxylation is 1. The van der Waals surface area contributed by atoms with Gasteiger partial charge in [-0.2, -0.15) is 5.10 Å². The molecule has 136 valence electrons. The van der Waals surface area contributed by atoms with Gasteiger partial charge in [0.15, 0.2) is 0 Å². The topological polar surface area (TPSA) is 65.0 Å².